The van der Waals surface area contributed by atoms with Crippen molar-refractivity contribution < 1.29 is 9.47 Å². The fourth-order valence-corrected chi connectivity index (χ4v) is 3.30. The number of benzene rings is 1. The zero-order valence-electron chi connectivity index (χ0n) is 11.9. The Morgan fingerprint density at radius 2 is 2.29 bits per heavy atom. The maximum atomic E-state index is 5.61. The number of H-pyrrole nitrogens is 1. The van der Waals surface area contributed by atoms with E-state index in [0.717, 1.165) is 31.1 Å². The van der Waals surface area contributed by atoms with Gasteiger partial charge in [0.15, 0.2) is 11.5 Å². The van der Waals surface area contributed by atoms with Crippen molar-refractivity contribution in [2.75, 3.05) is 19.9 Å². The molecule has 1 aromatic carbocycles. The van der Waals surface area contributed by atoms with E-state index in [0.29, 0.717) is 12.7 Å². The van der Waals surface area contributed by atoms with Gasteiger partial charge in [0.25, 0.3) is 0 Å². The minimum Gasteiger partial charge on any atom is -0.454 e. The summed E-state index contributed by atoms with van der Waals surface area (Å²) in [5, 5.41) is 7.19. The van der Waals surface area contributed by atoms with Gasteiger partial charge in [0, 0.05) is 36.5 Å². The van der Waals surface area contributed by atoms with Gasteiger partial charge in [-0.3, -0.25) is 10.00 Å². The Hall–Kier alpha value is -2.01. The van der Waals surface area contributed by atoms with E-state index in [-0.39, 0.29) is 0 Å². The van der Waals surface area contributed by atoms with Crippen molar-refractivity contribution in [1.29, 1.82) is 0 Å². The summed E-state index contributed by atoms with van der Waals surface area (Å²) < 4.78 is 11.1. The van der Waals surface area contributed by atoms with E-state index >= 15 is 0 Å². The zero-order valence-corrected chi connectivity index (χ0v) is 11.9. The largest absolute Gasteiger partial charge is 0.454 e. The predicted molar refractivity (Wildman–Crippen MR) is 78.4 cm³/mol. The number of aromatic nitrogens is 2. The van der Waals surface area contributed by atoms with Crippen LogP contribution in [0, 0.1) is 0 Å². The normalized spacial score (nSPS) is 21.6. The summed E-state index contributed by atoms with van der Waals surface area (Å²) in [7, 11) is 0. The van der Waals surface area contributed by atoms with Crippen LogP contribution in [0.1, 0.15) is 30.0 Å². The molecule has 5 nitrogen and oxygen atoms in total. The molecule has 2 aliphatic heterocycles. The third kappa shape index (κ3) is 2.49. The lowest BCUT2D eigenvalue weighted by molar-refractivity contribution is 0.168. The molecule has 2 aliphatic rings. The standard InChI is InChI=1S/C16H19N3O2/c1-3-13(16-15(5-1)20-11-21-16)10-19-8-2-4-12(9-19)14-6-7-17-18-14/h1,3,5-7,12H,2,4,8-11H2,(H,17,18). The molecule has 0 bridgehead atoms. The van der Waals surface area contributed by atoms with Crippen LogP contribution in [0.2, 0.25) is 0 Å². The molecule has 0 spiro atoms. The highest BCUT2D eigenvalue weighted by molar-refractivity contribution is 5.48. The van der Waals surface area contributed by atoms with E-state index < -0.39 is 0 Å². The van der Waals surface area contributed by atoms with Crippen molar-refractivity contribution in [3.05, 3.63) is 41.7 Å². The summed E-state index contributed by atoms with van der Waals surface area (Å²) in [6.45, 7) is 3.45. The van der Waals surface area contributed by atoms with Gasteiger partial charge < -0.3 is 9.47 Å². The number of aromatic amines is 1. The Morgan fingerprint density at radius 1 is 1.29 bits per heavy atom. The molecule has 0 aliphatic carbocycles. The molecular formula is C16H19N3O2. The monoisotopic (exact) mass is 285 g/mol. The lowest BCUT2D eigenvalue weighted by Gasteiger charge is -2.32. The number of hydrogen-bond donors (Lipinski definition) is 1. The lowest BCUT2D eigenvalue weighted by atomic mass is 9.94. The molecule has 1 N–H and O–H groups in total. The number of para-hydroxylation sites is 1. The maximum absolute atomic E-state index is 5.61. The first-order valence-corrected chi connectivity index (χ1v) is 7.49. The Morgan fingerprint density at radius 3 is 3.19 bits per heavy atom. The number of nitrogens with zero attached hydrogens (tertiary/aromatic N) is 2. The quantitative estimate of drug-likeness (QED) is 0.941. The second kappa shape index (κ2) is 5.41. The number of ether oxygens (including phenoxy) is 2. The second-order valence-corrected chi connectivity index (χ2v) is 5.74. The molecular weight excluding hydrogens is 266 g/mol. The molecule has 1 unspecified atom stereocenters. The molecule has 1 atom stereocenters. The second-order valence-electron chi connectivity index (χ2n) is 5.74. The van der Waals surface area contributed by atoms with Crippen molar-refractivity contribution in [3.63, 3.8) is 0 Å². The van der Waals surface area contributed by atoms with Crippen molar-refractivity contribution in [3.8, 4) is 11.5 Å². The molecule has 21 heavy (non-hydrogen) atoms. The van der Waals surface area contributed by atoms with Crippen LogP contribution < -0.4 is 9.47 Å². The van der Waals surface area contributed by atoms with Crippen molar-refractivity contribution in [2.24, 2.45) is 0 Å². The third-order valence-electron chi connectivity index (χ3n) is 4.34. The molecule has 1 saturated heterocycles. The van der Waals surface area contributed by atoms with Crippen molar-refractivity contribution >= 4 is 0 Å². The molecule has 0 amide bonds. The highest BCUT2D eigenvalue weighted by Gasteiger charge is 2.24. The fourth-order valence-electron chi connectivity index (χ4n) is 3.30. The molecule has 0 radical (unpaired) electrons. The Balaban J connectivity index is 1.49. The summed E-state index contributed by atoms with van der Waals surface area (Å²) in [4.78, 5) is 2.49. The average Bonchev–Trinajstić information content (AvgIpc) is 3.20. The van der Waals surface area contributed by atoms with E-state index in [2.05, 4.69) is 27.2 Å². The van der Waals surface area contributed by atoms with E-state index in [1.54, 1.807) is 0 Å². The van der Waals surface area contributed by atoms with Crippen LogP contribution in [0.25, 0.3) is 0 Å². The summed E-state index contributed by atoms with van der Waals surface area (Å²) in [5.74, 6) is 2.34. The lowest BCUT2D eigenvalue weighted by Crippen LogP contribution is -2.34. The van der Waals surface area contributed by atoms with Crippen LogP contribution >= 0.6 is 0 Å². The van der Waals surface area contributed by atoms with Gasteiger partial charge in [0.1, 0.15) is 0 Å². The van der Waals surface area contributed by atoms with Gasteiger partial charge in [0.2, 0.25) is 6.79 Å². The van der Waals surface area contributed by atoms with E-state index in [9.17, 15) is 0 Å². The Labute approximate surface area is 123 Å². The van der Waals surface area contributed by atoms with Gasteiger partial charge in [-0.1, -0.05) is 12.1 Å². The summed E-state index contributed by atoms with van der Waals surface area (Å²) in [5.41, 5.74) is 2.47. The number of likely N-dealkylation sites (tertiary alicyclic amines) is 1. The fraction of sp³-hybridized carbons (Fsp3) is 0.438. The van der Waals surface area contributed by atoms with Gasteiger partial charge >= 0.3 is 0 Å². The molecule has 3 heterocycles. The van der Waals surface area contributed by atoms with Crippen LogP contribution in [-0.2, 0) is 6.54 Å². The molecule has 2 aromatic rings. The smallest absolute Gasteiger partial charge is 0.231 e. The molecule has 5 heteroatoms. The predicted octanol–water partition coefficient (Wildman–Crippen LogP) is 2.52. The Bertz CT molecular complexity index is 612. The van der Waals surface area contributed by atoms with E-state index in [4.69, 9.17) is 9.47 Å². The first-order valence-electron chi connectivity index (χ1n) is 7.49. The van der Waals surface area contributed by atoms with Crippen LogP contribution in [0.15, 0.2) is 30.5 Å². The SMILES string of the molecule is c1cc(CN2CCCC(c3ccn[nH]3)C2)c2c(c1)OCO2. The summed E-state index contributed by atoms with van der Waals surface area (Å²) >= 11 is 0. The van der Waals surface area contributed by atoms with Gasteiger partial charge in [0.05, 0.1) is 0 Å². The number of fused-ring (bicyclic) bond motifs is 1. The van der Waals surface area contributed by atoms with E-state index in [1.807, 2.05) is 18.3 Å². The topological polar surface area (TPSA) is 50.4 Å². The van der Waals surface area contributed by atoms with Crippen LogP contribution in [0.3, 0.4) is 0 Å². The van der Waals surface area contributed by atoms with Crippen LogP contribution in [-0.4, -0.2) is 35.0 Å². The zero-order chi connectivity index (χ0) is 14.1. The van der Waals surface area contributed by atoms with Gasteiger partial charge in [-0.25, -0.2) is 0 Å². The molecule has 4 rings (SSSR count). The number of rotatable bonds is 3. The Kier molecular flexibility index (Phi) is 3.27. The van der Waals surface area contributed by atoms with Gasteiger partial charge in [-0.15, -0.1) is 0 Å². The molecule has 0 saturated carbocycles. The first-order chi connectivity index (χ1) is 10.4. The summed E-state index contributed by atoms with van der Waals surface area (Å²) in [6.07, 6.45) is 4.28. The molecule has 1 aromatic heterocycles. The molecule has 1 fully saturated rings. The summed E-state index contributed by atoms with van der Waals surface area (Å²) in [6, 6.07) is 8.23. The highest BCUT2D eigenvalue weighted by Crippen LogP contribution is 2.36. The van der Waals surface area contributed by atoms with Crippen molar-refractivity contribution in [1.82, 2.24) is 15.1 Å². The first kappa shape index (κ1) is 12.7. The number of piperidine rings is 1. The van der Waals surface area contributed by atoms with Crippen LogP contribution in [0.5, 0.6) is 11.5 Å². The minimum absolute atomic E-state index is 0.336. The number of hydrogen-bond acceptors (Lipinski definition) is 4. The average molecular weight is 285 g/mol. The van der Waals surface area contributed by atoms with Crippen LogP contribution in [0.4, 0.5) is 0 Å². The highest BCUT2D eigenvalue weighted by atomic mass is 16.7. The third-order valence-corrected chi connectivity index (χ3v) is 4.34. The number of nitrogens with one attached hydrogen (secondary N) is 1. The minimum atomic E-state index is 0.336. The van der Waals surface area contributed by atoms with E-state index in [1.165, 1.54) is 24.1 Å². The molecule has 110 valence electrons. The van der Waals surface area contributed by atoms with Gasteiger partial charge in [-0.2, -0.15) is 5.10 Å². The maximum Gasteiger partial charge on any atom is 0.231 e. The van der Waals surface area contributed by atoms with Gasteiger partial charge in [-0.05, 0) is 31.5 Å². The van der Waals surface area contributed by atoms with Crippen molar-refractivity contribution in [2.45, 2.75) is 25.3 Å².